The normalized spacial score (nSPS) is 13.2. The van der Waals surface area contributed by atoms with E-state index in [-0.39, 0.29) is 12.3 Å². The van der Waals surface area contributed by atoms with Crippen molar-refractivity contribution in [3.05, 3.63) is 0 Å². The Morgan fingerprint density at radius 2 is 2.00 bits per heavy atom. The predicted molar refractivity (Wildman–Crippen MR) is 60.1 cm³/mol. The van der Waals surface area contributed by atoms with E-state index in [0.29, 0.717) is 13.0 Å². The molecule has 0 fully saturated rings. The number of ether oxygens (including phenoxy) is 1. The van der Waals surface area contributed by atoms with Crippen LogP contribution in [-0.2, 0) is 14.3 Å². The standard InChI is InChI=1S/C11H21NO4/c1-8(10(14)15)5-6-12-9(13)7-11(2,3)16-4/h8H,5-7H2,1-4H3,(H,12,13)(H,14,15). The molecule has 1 amide bonds. The summed E-state index contributed by atoms with van der Waals surface area (Å²) in [6, 6.07) is 0. The van der Waals surface area contributed by atoms with Gasteiger partial charge in [-0.25, -0.2) is 0 Å². The summed E-state index contributed by atoms with van der Waals surface area (Å²) in [5, 5.41) is 11.3. The molecule has 0 aliphatic heterocycles. The maximum atomic E-state index is 11.4. The van der Waals surface area contributed by atoms with Crippen LogP contribution in [0.1, 0.15) is 33.6 Å². The molecule has 0 heterocycles. The van der Waals surface area contributed by atoms with Crippen LogP contribution in [0.25, 0.3) is 0 Å². The lowest BCUT2D eigenvalue weighted by atomic mass is 10.0. The zero-order valence-electron chi connectivity index (χ0n) is 10.4. The highest BCUT2D eigenvalue weighted by Gasteiger charge is 2.21. The molecule has 1 unspecified atom stereocenters. The average molecular weight is 231 g/mol. The summed E-state index contributed by atoms with van der Waals surface area (Å²) in [6.07, 6.45) is 0.708. The average Bonchev–Trinajstić information content (AvgIpc) is 2.16. The number of hydrogen-bond acceptors (Lipinski definition) is 3. The van der Waals surface area contributed by atoms with E-state index < -0.39 is 17.5 Å². The van der Waals surface area contributed by atoms with Crippen LogP contribution in [0.3, 0.4) is 0 Å². The molecule has 0 radical (unpaired) electrons. The van der Waals surface area contributed by atoms with Gasteiger partial charge in [-0.05, 0) is 20.3 Å². The number of carboxylic acid groups (broad SMARTS) is 1. The molecule has 1 atom stereocenters. The summed E-state index contributed by atoms with van der Waals surface area (Å²) in [5.74, 6) is -1.40. The Bertz CT molecular complexity index is 250. The monoisotopic (exact) mass is 231 g/mol. The van der Waals surface area contributed by atoms with Crippen molar-refractivity contribution in [2.45, 2.75) is 39.2 Å². The summed E-state index contributed by atoms with van der Waals surface area (Å²) in [4.78, 5) is 21.9. The predicted octanol–water partition coefficient (Wildman–Crippen LogP) is 1.03. The second kappa shape index (κ2) is 6.48. The van der Waals surface area contributed by atoms with Crippen molar-refractivity contribution in [1.29, 1.82) is 0 Å². The van der Waals surface area contributed by atoms with Crippen molar-refractivity contribution in [1.82, 2.24) is 5.32 Å². The van der Waals surface area contributed by atoms with Gasteiger partial charge in [0.15, 0.2) is 0 Å². The fourth-order valence-corrected chi connectivity index (χ4v) is 1.07. The Morgan fingerprint density at radius 1 is 1.44 bits per heavy atom. The van der Waals surface area contributed by atoms with E-state index in [4.69, 9.17) is 9.84 Å². The van der Waals surface area contributed by atoms with Crippen LogP contribution < -0.4 is 5.32 Å². The molecule has 5 nitrogen and oxygen atoms in total. The first kappa shape index (κ1) is 14.9. The van der Waals surface area contributed by atoms with Crippen LogP contribution in [0.2, 0.25) is 0 Å². The molecule has 0 aliphatic carbocycles. The Labute approximate surface area is 96.2 Å². The van der Waals surface area contributed by atoms with Crippen LogP contribution in [0.15, 0.2) is 0 Å². The van der Waals surface area contributed by atoms with E-state index >= 15 is 0 Å². The SMILES string of the molecule is COC(C)(C)CC(=O)NCCC(C)C(=O)O. The molecule has 0 aromatic carbocycles. The molecule has 0 saturated heterocycles. The zero-order chi connectivity index (χ0) is 12.8. The third-order valence-electron chi connectivity index (χ3n) is 2.46. The van der Waals surface area contributed by atoms with Crippen LogP contribution in [0, 0.1) is 5.92 Å². The highest BCUT2D eigenvalue weighted by Crippen LogP contribution is 2.12. The molecule has 0 aromatic heterocycles. The first-order valence-electron chi connectivity index (χ1n) is 5.33. The molecule has 5 heteroatoms. The van der Waals surface area contributed by atoms with Gasteiger partial charge in [0.2, 0.25) is 5.91 Å². The summed E-state index contributed by atoms with van der Waals surface area (Å²) >= 11 is 0. The van der Waals surface area contributed by atoms with Crippen LogP contribution >= 0.6 is 0 Å². The van der Waals surface area contributed by atoms with Gasteiger partial charge in [0.05, 0.1) is 17.9 Å². The molecule has 0 aliphatic rings. The van der Waals surface area contributed by atoms with Crippen molar-refractivity contribution in [2.75, 3.05) is 13.7 Å². The second-order valence-electron chi connectivity index (χ2n) is 4.52. The molecule has 0 saturated carbocycles. The van der Waals surface area contributed by atoms with E-state index in [1.54, 1.807) is 14.0 Å². The smallest absolute Gasteiger partial charge is 0.306 e. The van der Waals surface area contributed by atoms with Crippen LogP contribution in [-0.4, -0.2) is 36.2 Å². The molecular weight excluding hydrogens is 210 g/mol. The lowest BCUT2D eigenvalue weighted by molar-refractivity contribution is -0.141. The lowest BCUT2D eigenvalue weighted by Crippen LogP contribution is -2.34. The van der Waals surface area contributed by atoms with Crippen molar-refractivity contribution in [3.63, 3.8) is 0 Å². The number of nitrogens with one attached hydrogen (secondary N) is 1. The molecule has 0 spiro atoms. The first-order valence-corrected chi connectivity index (χ1v) is 5.33. The van der Waals surface area contributed by atoms with Crippen molar-refractivity contribution >= 4 is 11.9 Å². The van der Waals surface area contributed by atoms with Gasteiger partial charge in [-0.2, -0.15) is 0 Å². The minimum Gasteiger partial charge on any atom is -0.481 e. The molecule has 2 N–H and O–H groups in total. The number of rotatable bonds is 7. The molecule has 94 valence electrons. The van der Waals surface area contributed by atoms with E-state index in [1.165, 1.54) is 0 Å². The van der Waals surface area contributed by atoms with Gasteiger partial charge < -0.3 is 15.2 Å². The molecule has 0 bridgehead atoms. The minimum absolute atomic E-state index is 0.121. The molecule has 0 aromatic rings. The van der Waals surface area contributed by atoms with Crippen molar-refractivity contribution in [2.24, 2.45) is 5.92 Å². The maximum Gasteiger partial charge on any atom is 0.306 e. The Hall–Kier alpha value is -1.10. The van der Waals surface area contributed by atoms with Gasteiger partial charge in [-0.3, -0.25) is 9.59 Å². The zero-order valence-corrected chi connectivity index (χ0v) is 10.4. The number of carboxylic acids is 1. The van der Waals surface area contributed by atoms with Gasteiger partial charge in [-0.15, -0.1) is 0 Å². The van der Waals surface area contributed by atoms with Crippen molar-refractivity contribution in [3.8, 4) is 0 Å². The Balaban J connectivity index is 3.79. The summed E-state index contributed by atoms with van der Waals surface area (Å²) in [7, 11) is 1.56. The summed E-state index contributed by atoms with van der Waals surface area (Å²) in [6.45, 7) is 5.65. The Kier molecular flexibility index (Phi) is 6.03. The van der Waals surface area contributed by atoms with Crippen molar-refractivity contribution < 1.29 is 19.4 Å². The van der Waals surface area contributed by atoms with Gasteiger partial charge in [0, 0.05) is 13.7 Å². The molecule has 0 rings (SSSR count). The summed E-state index contributed by atoms with van der Waals surface area (Å²) < 4.78 is 5.12. The lowest BCUT2D eigenvalue weighted by Gasteiger charge is -2.22. The van der Waals surface area contributed by atoms with Gasteiger partial charge >= 0.3 is 5.97 Å². The highest BCUT2D eigenvalue weighted by molar-refractivity contribution is 5.77. The quantitative estimate of drug-likeness (QED) is 0.686. The van der Waals surface area contributed by atoms with E-state index in [9.17, 15) is 9.59 Å². The minimum atomic E-state index is -0.841. The Morgan fingerprint density at radius 3 is 2.44 bits per heavy atom. The number of methoxy groups -OCH3 is 1. The number of hydrogen-bond donors (Lipinski definition) is 2. The van der Waals surface area contributed by atoms with E-state index in [0.717, 1.165) is 0 Å². The third-order valence-corrected chi connectivity index (χ3v) is 2.46. The van der Waals surface area contributed by atoms with Gasteiger partial charge in [-0.1, -0.05) is 6.92 Å². The van der Waals surface area contributed by atoms with Gasteiger partial charge in [0.1, 0.15) is 0 Å². The highest BCUT2D eigenvalue weighted by atomic mass is 16.5. The number of carbonyl (C=O) groups excluding carboxylic acids is 1. The molecule has 16 heavy (non-hydrogen) atoms. The van der Waals surface area contributed by atoms with Crippen LogP contribution in [0.5, 0.6) is 0 Å². The largest absolute Gasteiger partial charge is 0.481 e. The topological polar surface area (TPSA) is 75.6 Å². The number of amides is 1. The van der Waals surface area contributed by atoms with Crippen LogP contribution in [0.4, 0.5) is 0 Å². The van der Waals surface area contributed by atoms with E-state index in [2.05, 4.69) is 5.32 Å². The number of aliphatic carboxylic acids is 1. The maximum absolute atomic E-state index is 11.4. The van der Waals surface area contributed by atoms with Gasteiger partial charge in [0.25, 0.3) is 0 Å². The first-order chi connectivity index (χ1) is 7.28. The molecular formula is C11H21NO4. The second-order valence-corrected chi connectivity index (χ2v) is 4.52. The van der Waals surface area contributed by atoms with E-state index in [1.807, 2.05) is 13.8 Å². The fourth-order valence-electron chi connectivity index (χ4n) is 1.07. The number of carbonyl (C=O) groups is 2. The fraction of sp³-hybridized carbons (Fsp3) is 0.818. The third kappa shape index (κ3) is 6.40. The summed E-state index contributed by atoms with van der Waals surface area (Å²) in [5.41, 5.74) is -0.484.